The third-order valence-corrected chi connectivity index (χ3v) is 15.1. The Labute approximate surface area is 426 Å². The first-order chi connectivity index (χ1) is 33.5. The number of thioether (sulfide) groups is 1. The van der Waals surface area contributed by atoms with Crippen molar-refractivity contribution in [3.8, 4) is 0 Å². The van der Waals surface area contributed by atoms with Crippen LogP contribution in [-0.4, -0.2) is 96.6 Å². The molecule has 406 valence electrons. The molecular formula is C57H108N2O9S. The summed E-state index contributed by atoms with van der Waals surface area (Å²) in [6.07, 6.45) is 37.9. The molecule has 0 radical (unpaired) electrons. The Kier molecular flexibility index (Phi) is 45.9. The van der Waals surface area contributed by atoms with Crippen molar-refractivity contribution in [2.45, 2.75) is 314 Å². The fraction of sp³-hybridized carbons (Fsp3) is 0.912. The maximum atomic E-state index is 14.6. The number of amides is 2. The zero-order chi connectivity index (χ0) is 51.2. The Morgan fingerprint density at radius 1 is 0.478 bits per heavy atom. The van der Waals surface area contributed by atoms with Crippen molar-refractivity contribution in [3.05, 3.63) is 0 Å². The number of imide groups is 1. The van der Waals surface area contributed by atoms with Crippen LogP contribution < -0.4 is 5.73 Å². The minimum absolute atomic E-state index is 0.0171. The van der Waals surface area contributed by atoms with Crippen LogP contribution in [0, 0.1) is 0 Å². The molecule has 0 heterocycles. The lowest BCUT2D eigenvalue weighted by Gasteiger charge is -2.39. The lowest BCUT2D eigenvalue weighted by Crippen LogP contribution is -2.72. The lowest BCUT2D eigenvalue weighted by molar-refractivity contribution is -0.177. The number of aliphatic hydroxyl groups is 3. The van der Waals surface area contributed by atoms with E-state index in [2.05, 4.69) is 20.8 Å². The molecule has 2 amide bonds. The first-order valence-corrected chi connectivity index (χ1v) is 30.1. The van der Waals surface area contributed by atoms with Crippen LogP contribution in [0.25, 0.3) is 0 Å². The number of aliphatic hydroxyl groups excluding tert-OH is 3. The number of hydrogen-bond donors (Lipinski definition) is 5. The monoisotopic (exact) mass is 997 g/mol. The van der Waals surface area contributed by atoms with Crippen LogP contribution in [0.1, 0.15) is 290 Å². The second-order valence-electron chi connectivity index (χ2n) is 20.4. The maximum absolute atomic E-state index is 14.6. The summed E-state index contributed by atoms with van der Waals surface area (Å²) in [4.78, 5) is 72.1. The van der Waals surface area contributed by atoms with Gasteiger partial charge in [-0.15, -0.1) is 0 Å². The van der Waals surface area contributed by atoms with Gasteiger partial charge in [-0.25, -0.2) is 4.79 Å². The van der Waals surface area contributed by atoms with E-state index in [0.717, 1.165) is 88.8 Å². The number of ketones is 2. The van der Waals surface area contributed by atoms with Gasteiger partial charge in [-0.2, -0.15) is 11.8 Å². The summed E-state index contributed by atoms with van der Waals surface area (Å²) >= 11 is 1.03. The first-order valence-electron chi connectivity index (χ1n) is 28.9. The Bertz CT molecular complexity index is 1270. The van der Waals surface area contributed by atoms with Gasteiger partial charge >= 0.3 is 5.97 Å². The summed E-state index contributed by atoms with van der Waals surface area (Å²) in [5.74, 6) is -6.71. The molecule has 0 aliphatic heterocycles. The van der Waals surface area contributed by atoms with Gasteiger partial charge < -0.3 is 26.2 Å². The Balaban J connectivity index is 6.05. The summed E-state index contributed by atoms with van der Waals surface area (Å²) in [6, 6.07) is -1.51. The predicted octanol–water partition coefficient (Wildman–Crippen LogP) is 13.5. The number of nitrogens with two attached hydrogens (primary N) is 1. The third kappa shape index (κ3) is 32.8. The SMILES string of the molecule is CCCCCCCCCCCCCCCC(=O)N(C(=O)[C@@H](N)CSCC(O)CO)[C@@](C(=O)O)(C(=O)CCCCCCCCCCCCCCC)C(=O)C(O)CCCCCCCCCCCCCCC. The number of carboxylic acids is 1. The number of nitrogens with zero attached hydrogens (tertiary/aromatic N) is 1. The van der Waals surface area contributed by atoms with Gasteiger partial charge in [0.15, 0.2) is 5.78 Å². The molecule has 69 heavy (non-hydrogen) atoms. The van der Waals surface area contributed by atoms with Gasteiger partial charge in [0.25, 0.3) is 5.54 Å². The maximum Gasteiger partial charge on any atom is 0.346 e. The number of carbonyl (C=O) groups excluding carboxylic acids is 4. The van der Waals surface area contributed by atoms with E-state index >= 15 is 0 Å². The number of unbranched alkanes of at least 4 members (excludes halogenated alkanes) is 36. The highest BCUT2D eigenvalue weighted by molar-refractivity contribution is 7.99. The molecule has 0 saturated carbocycles. The standard InChI is InChI=1S/C57H108N2O9S/c1-4-7-10-13-16-19-22-25-28-31-34-37-40-43-51(62)54(65)57(56(67)68,52(63)44-41-38-35-32-29-26-23-20-17-14-11-8-5-2)59(55(66)50(58)48-69-47-49(61)46-60)53(64)45-42-39-36-33-30-27-24-21-18-15-12-9-6-3/h49-51,60-62H,4-48,58H2,1-3H3,(H,67,68)/t49?,50-,51?,57-/m0/s1. The van der Waals surface area contributed by atoms with Crippen molar-refractivity contribution >= 4 is 41.1 Å². The zero-order valence-corrected chi connectivity index (χ0v) is 45.6. The highest BCUT2D eigenvalue weighted by Crippen LogP contribution is 2.29. The molecule has 0 saturated heterocycles. The second-order valence-corrected chi connectivity index (χ2v) is 21.5. The molecular weight excluding hydrogens is 889 g/mol. The van der Waals surface area contributed by atoms with Crippen LogP contribution >= 0.6 is 11.8 Å². The third-order valence-electron chi connectivity index (χ3n) is 13.9. The summed E-state index contributed by atoms with van der Waals surface area (Å²) in [6.45, 7) is 6.15. The van der Waals surface area contributed by atoms with Gasteiger partial charge in [0.2, 0.25) is 17.6 Å². The van der Waals surface area contributed by atoms with Crippen LogP contribution in [0.5, 0.6) is 0 Å². The topological polar surface area (TPSA) is 196 Å². The molecule has 4 atom stereocenters. The number of Topliss-reactive ketones (excluding diaryl/α,β-unsaturated/α-hetero) is 2. The number of carboxylic acid groups (broad SMARTS) is 1. The summed E-state index contributed by atoms with van der Waals surface area (Å²) in [5.41, 5.74) is 3.09. The van der Waals surface area contributed by atoms with Crippen molar-refractivity contribution < 1.29 is 44.4 Å². The van der Waals surface area contributed by atoms with Gasteiger partial charge in [-0.05, 0) is 19.3 Å². The quantitative estimate of drug-likeness (QED) is 0.0287. The number of carbonyl (C=O) groups is 5. The Morgan fingerprint density at radius 2 is 0.797 bits per heavy atom. The second kappa shape index (κ2) is 47.2. The van der Waals surface area contributed by atoms with E-state index in [1.165, 1.54) is 135 Å². The van der Waals surface area contributed by atoms with Gasteiger partial charge in [0, 0.05) is 24.3 Å². The van der Waals surface area contributed by atoms with Gasteiger partial charge in [-0.3, -0.25) is 24.1 Å². The molecule has 0 fully saturated rings. The molecule has 0 aromatic heterocycles. The van der Waals surface area contributed by atoms with E-state index in [1.54, 1.807) is 0 Å². The molecule has 2 unspecified atom stereocenters. The highest BCUT2D eigenvalue weighted by Gasteiger charge is 2.62. The minimum Gasteiger partial charge on any atom is -0.479 e. The number of hydrogen-bond acceptors (Lipinski definition) is 10. The van der Waals surface area contributed by atoms with Crippen LogP contribution in [-0.2, 0) is 24.0 Å². The normalized spacial score (nSPS) is 13.8. The fourth-order valence-corrected chi connectivity index (χ4v) is 10.3. The molecule has 12 heteroatoms. The van der Waals surface area contributed by atoms with Gasteiger partial charge in [0.05, 0.1) is 18.8 Å². The van der Waals surface area contributed by atoms with E-state index in [0.29, 0.717) is 37.0 Å². The summed E-state index contributed by atoms with van der Waals surface area (Å²) in [7, 11) is 0. The largest absolute Gasteiger partial charge is 0.479 e. The first kappa shape index (κ1) is 67.1. The van der Waals surface area contributed by atoms with Crippen LogP contribution in [0.15, 0.2) is 0 Å². The van der Waals surface area contributed by atoms with Crippen molar-refractivity contribution in [1.29, 1.82) is 0 Å². The number of rotatable bonds is 53. The molecule has 0 aromatic carbocycles. The highest BCUT2D eigenvalue weighted by atomic mass is 32.2. The average Bonchev–Trinajstić information content (AvgIpc) is 3.34. The van der Waals surface area contributed by atoms with E-state index in [9.17, 15) is 44.4 Å². The molecule has 6 N–H and O–H groups in total. The van der Waals surface area contributed by atoms with Crippen LogP contribution in [0.2, 0.25) is 0 Å². The van der Waals surface area contributed by atoms with E-state index < -0.39 is 59.7 Å². The molecule has 0 rings (SSSR count). The van der Waals surface area contributed by atoms with Crippen molar-refractivity contribution in [3.63, 3.8) is 0 Å². The van der Waals surface area contributed by atoms with Gasteiger partial charge in [-0.1, -0.05) is 258 Å². The molecule has 11 nitrogen and oxygen atoms in total. The molecule has 0 aliphatic rings. The lowest BCUT2D eigenvalue weighted by atomic mass is 9.80. The zero-order valence-electron chi connectivity index (χ0n) is 44.8. The van der Waals surface area contributed by atoms with E-state index in [-0.39, 0.29) is 37.2 Å². The van der Waals surface area contributed by atoms with E-state index in [1.807, 2.05) is 0 Å². The van der Waals surface area contributed by atoms with E-state index in [4.69, 9.17) is 5.73 Å². The molecule has 0 aliphatic carbocycles. The average molecular weight is 998 g/mol. The van der Waals surface area contributed by atoms with Crippen molar-refractivity contribution in [2.75, 3.05) is 18.1 Å². The molecule has 0 spiro atoms. The predicted molar refractivity (Wildman–Crippen MR) is 288 cm³/mol. The fourth-order valence-electron chi connectivity index (χ4n) is 9.41. The Morgan fingerprint density at radius 3 is 1.13 bits per heavy atom. The Hall–Kier alpha value is -1.86. The van der Waals surface area contributed by atoms with Crippen molar-refractivity contribution in [2.24, 2.45) is 5.73 Å². The van der Waals surface area contributed by atoms with Crippen LogP contribution in [0.3, 0.4) is 0 Å². The van der Waals surface area contributed by atoms with Gasteiger partial charge in [0.1, 0.15) is 6.10 Å². The minimum atomic E-state index is -3.27. The van der Waals surface area contributed by atoms with Crippen LogP contribution in [0.4, 0.5) is 0 Å². The summed E-state index contributed by atoms with van der Waals surface area (Å²) < 4.78 is 0. The molecule has 0 bridgehead atoms. The van der Waals surface area contributed by atoms with Crippen molar-refractivity contribution in [1.82, 2.24) is 4.90 Å². The summed E-state index contributed by atoms with van der Waals surface area (Å²) in [5, 5.41) is 41.8. The smallest absolute Gasteiger partial charge is 0.346 e. The molecule has 0 aromatic rings. The number of aliphatic carboxylic acids is 1.